The van der Waals surface area contributed by atoms with Gasteiger partial charge in [0, 0.05) is 23.6 Å². The molecule has 2 rings (SSSR count). The first-order valence-electron chi connectivity index (χ1n) is 9.14. The first-order chi connectivity index (χ1) is 11.8. The maximum absolute atomic E-state index is 10.6. The smallest absolute Gasteiger partial charge is 0.122 e. The third-order valence-corrected chi connectivity index (χ3v) is 4.89. The molecule has 0 unspecified atom stereocenters. The second-order valence-corrected chi connectivity index (χ2v) is 7.38. The van der Waals surface area contributed by atoms with E-state index in [0.29, 0.717) is 17.6 Å². The van der Waals surface area contributed by atoms with Crippen molar-refractivity contribution in [3.63, 3.8) is 0 Å². The number of nitrogens with zero attached hydrogens (tertiary/aromatic N) is 1. The van der Waals surface area contributed by atoms with Crippen molar-refractivity contribution in [3.05, 3.63) is 59.2 Å². The molecule has 0 aliphatic heterocycles. The monoisotopic (exact) mass is 341 g/mol. The van der Waals surface area contributed by atoms with E-state index < -0.39 is 0 Å². The lowest BCUT2D eigenvalue weighted by molar-refractivity contribution is 0.170. The molecule has 0 spiro atoms. The Bertz CT molecular complexity index is 672. The summed E-state index contributed by atoms with van der Waals surface area (Å²) in [6.45, 7) is 11.6. The van der Waals surface area contributed by atoms with Gasteiger partial charge in [-0.25, -0.2) is 0 Å². The fourth-order valence-corrected chi connectivity index (χ4v) is 3.63. The molecular formula is C22H31NO2. The van der Waals surface area contributed by atoms with Crippen LogP contribution in [0.25, 0.3) is 0 Å². The zero-order chi connectivity index (χ0) is 18.6. The number of phenols is 2. The van der Waals surface area contributed by atoms with Gasteiger partial charge < -0.3 is 10.2 Å². The fraction of sp³-hybridized carbons (Fsp3) is 0.455. The third kappa shape index (κ3) is 4.76. The van der Waals surface area contributed by atoms with Gasteiger partial charge in [-0.05, 0) is 70.8 Å². The summed E-state index contributed by atoms with van der Waals surface area (Å²) in [5, 5.41) is 20.7. The highest BCUT2D eigenvalue weighted by molar-refractivity contribution is 5.49. The number of aromatic hydroxyl groups is 2. The van der Waals surface area contributed by atoms with E-state index >= 15 is 0 Å². The van der Waals surface area contributed by atoms with Crippen molar-refractivity contribution in [2.24, 2.45) is 0 Å². The second kappa shape index (κ2) is 8.39. The van der Waals surface area contributed by atoms with E-state index in [9.17, 15) is 10.2 Å². The first kappa shape index (κ1) is 19.3. The highest BCUT2D eigenvalue weighted by Crippen LogP contribution is 2.38. The van der Waals surface area contributed by atoms with Crippen LogP contribution >= 0.6 is 0 Å². The lowest BCUT2D eigenvalue weighted by atomic mass is 9.86. The Morgan fingerprint density at radius 3 is 2.08 bits per heavy atom. The molecule has 0 fully saturated rings. The average molecular weight is 341 g/mol. The van der Waals surface area contributed by atoms with Gasteiger partial charge in [0.1, 0.15) is 11.5 Å². The molecule has 0 heterocycles. The molecule has 2 N–H and O–H groups in total. The molecular weight excluding hydrogens is 310 g/mol. The van der Waals surface area contributed by atoms with Gasteiger partial charge in [0.05, 0.1) is 0 Å². The van der Waals surface area contributed by atoms with Crippen LogP contribution in [-0.2, 0) is 0 Å². The van der Waals surface area contributed by atoms with Gasteiger partial charge >= 0.3 is 0 Å². The maximum atomic E-state index is 10.6. The van der Waals surface area contributed by atoms with Crippen LogP contribution < -0.4 is 0 Å². The molecule has 136 valence electrons. The Labute approximate surface area is 151 Å². The van der Waals surface area contributed by atoms with E-state index in [1.165, 1.54) is 0 Å². The van der Waals surface area contributed by atoms with Gasteiger partial charge in [-0.3, -0.25) is 4.90 Å². The van der Waals surface area contributed by atoms with Gasteiger partial charge in [0.15, 0.2) is 0 Å². The zero-order valence-electron chi connectivity index (χ0n) is 16.0. The highest BCUT2D eigenvalue weighted by Gasteiger charge is 2.22. The summed E-state index contributed by atoms with van der Waals surface area (Å²) in [5.41, 5.74) is 2.67. The molecule has 0 aliphatic carbocycles. The fourth-order valence-electron chi connectivity index (χ4n) is 3.63. The van der Waals surface area contributed by atoms with Crippen LogP contribution in [0, 0.1) is 6.92 Å². The number of benzene rings is 2. The van der Waals surface area contributed by atoms with Gasteiger partial charge in [-0.2, -0.15) is 0 Å². The molecule has 0 radical (unpaired) electrons. The molecule has 0 saturated carbocycles. The summed E-state index contributed by atoms with van der Waals surface area (Å²) >= 11 is 0. The normalized spacial score (nSPS) is 13.0. The van der Waals surface area contributed by atoms with Crippen molar-refractivity contribution >= 4 is 0 Å². The lowest BCUT2D eigenvalue weighted by Gasteiger charge is -2.32. The van der Waals surface area contributed by atoms with Gasteiger partial charge in [-0.15, -0.1) is 0 Å². The molecule has 3 nitrogen and oxygen atoms in total. The Balaban J connectivity index is 2.39. The van der Waals surface area contributed by atoms with Crippen molar-refractivity contribution in [3.8, 4) is 11.5 Å². The molecule has 25 heavy (non-hydrogen) atoms. The van der Waals surface area contributed by atoms with Crippen molar-refractivity contribution in [1.29, 1.82) is 0 Å². The highest BCUT2D eigenvalue weighted by atomic mass is 16.3. The number of aryl methyl sites for hydroxylation is 1. The molecule has 2 aromatic carbocycles. The topological polar surface area (TPSA) is 43.7 Å². The summed E-state index contributed by atoms with van der Waals surface area (Å²) in [7, 11) is 0. The van der Waals surface area contributed by atoms with Crippen molar-refractivity contribution < 1.29 is 10.2 Å². The van der Waals surface area contributed by atoms with Crippen LogP contribution in [0.3, 0.4) is 0 Å². The minimum atomic E-state index is 0.0481. The molecule has 0 amide bonds. The third-order valence-electron chi connectivity index (χ3n) is 4.89. The Kier molecular flexibility index (Phi) is 6.49. The predicted octanol–water partition coefficient (Wildman–Crippen LogP) is 5.05. The molecule has 0 bridgehead atoms. The van der Waals surface area contributed by atoms with E-state index in [1.54, 1.807) is 12.1 Å². The van der Waals surface area contributed by atoms with Crippen LogP contribution in [-0.4, -0.2) is 33.7 Å². The standard InChI is InChI=1S/C22H31NO2/c1-15(2)23(16(3)4)12-11-20(18-9-7-6-8-10-18)21-14-19(24)13-17(5)22(21)25/h6-10,13-16,20,24-25H,11-12H2,1-5H3/t20-/m0/s1. The van der Waals surface area contributed by atoms with E-state index in [-0.39, 0.29) is 17.4 Å². The Morgan fingerprint density at radius 2 is 1.52 bits per heavy atom. The van der Waals surface area contributed by atoms with Gasteiger partial charge in [-0.1, -0.05) is 30.3 Å². The van der Waals surface area contributed by atoms with E-state index in [4.69, 9.17) is 0 Å². The number of rotatable bonds is 7. The van der Waals surface area contributed by atoms with Gasteiger partial charge in [0.25, 0.3) is 0 Å². The minimum Gasteiger partial charge on any atom is -0.508 e. The summed E-state index contributed by atoms with van der Waals surface area (Å²) in [6.07, 6.45) is 0.886. The average Bonchev–Trinajstić information content (AvgIpc) is 2.55. The number of hydrogen-bond donors (Lipinski definition) is 2. The minimum absolute atomic E-state index is 0.0481. The molecule has 0 aliphatic rings. The maximum Gasteiger partial charge on any atom is 0.122 e. The van der Waals surface area contributed by atoms with E-state index in [2.05, 4.69) is 44.7 Å². The van der Waals surface area contributed by atoms with Gasteiger partial charge in [0.2, 0.25) is 0 Å². The molecule has 3 heteroatoms. The van der Waals surface area contributed by atoms with Crippen LogP contribution in [0.1, 0.15) is 56.7 Å². The largest absolute Gasteiger partial charge is 0.508 e. The zero-order valence-corrected chi connectivity index (χ0v) is 16.0. The van der Waals surface area contributed by atoms with Crippen LogP contribution in [0.5, 0.6) is 11.5 Å². The predicted molar refractivity (Wildman–Crippen MR) is 104 cm³/mol. The quantitative estimate of drug-likeness (QED) is 0.693. The van der Waals surface area contributed by atoms with E-state index in [0.717, 1.165) is 24.1 Å². The SMILES string of the molecule is Cc1cc(O)cc([C@@H](CCN(C(C)C)C(C)C)c2ccccc2)c1O. The van der Waals surface area contributed by atoms with Crippen molar-refractivity contribution in [2.45, 2.75) is 59.0 Å². The Morgan fingerprint density at radius 1 is 0.920 bits per heavy atom. The summed E-state index contributed by atoms with van der Waals surface area (Å²) in [5.74, 6) is 0.537. The number of phenolic OH excluding ortho intramolecular Hbond substituents is 2. The summed E-state index contributed by atoms with van der Waals surface area (Å²) in [6, 6.07) is 14.5. The Hall–Kier alpha value is -2.00. The van der Waals surface area contributed by atoms with E-state index in [1.807, 2.05) is 25.1 Å². The molecule has 1 atom stereocenters. The lowest BCUT2D eigenvalue weighted by Crippen LogP contribution is -2.38. The second-order valence-electron chi connectivity index (χ2n) is 7.38. The summed E-state index contributed by atoms with van der Waals surface area (Å²) in [4.78, 5) is 2.46. The van der Waals surface area contributed by atoms with Crippen LogP contribution in [0.2, 0.25) is 0 Å². The molecule has 0 saturated heterocycles. The first-order valence-corrected chi connectivity index (χ1v) is 9.14. The molecule has 2 aromatic rings. The van der Waals surface area contributed by atoms with Crippen molar-refractivity contribution in [1.82, 2.24) is 4.90 Å². The van der Waals surface area contributed by atoms with Crippen molar-refractivity contribution in [2.75, 3.05) is 6.54 Å². The van der Waals surface area contributed by atoms with Crippen LogP contribution in [0.4, 0.5) is 0 Å². The van der Waals surface area contributed by atoms with Crippen LogP contribution in [0.15, 0.2) is 42.5 Å². The number of hydrogen-bond acceptors (Lipinski definition) is 3. The summed E-state index contributed by atoms with van der Waals surface area (Å²) < 4.78 is 0. The molecule has 0 aromatic heterocycles.